The maximum Gasteiger partial charge on any atom is 0.248 e. The van der Waals surface area contributed by atoms with Crippen molar-refractivity contribution in [3.8, 4) is 0 Å². The predicted octanol–water partition coefficient (Wildman–Crippen LogP) is 4.41. The van der Waals surface area contributed by atoms with Crippen molar-refractivity contribution in [1.82, 2.24) is 0 Å². The highest BCUT2D eigenvalue weighted by Crippen LogP contribution is 2.42. The minimum atomic E-state index is -3.07. The lowest BCUT2D eigenvalue weighted by Crippen LogP contribution is -2.38. The van der Waals surface area contributed by atoms with E-state index in [0.717, 1.165) is 36.4 Å². The molecule has 2 saturated heterocycles. The van der Waals surface area contributed by atoms with E-state index in [-0.39, 0.29) is 28.7 Å². The Morgan fingerprint density at radius 3 is 2.56 bits per heavy atom. The fourth-order valence-electron chi connectivity index (χ4n) is 5.33. The smallest absolute Gasteiger partial charge is 0.248 e. The Kier molecular flexibility index (Phi) is 7.20. The van der Waals surface area contributed by atoms with Crippen molar-refractivity contribution >= 4 is 44.0 Å². The van der Waals surface area contributed by atoms with Crippen LogP contribution in [0.5, 0.6) is 0 Å². The zero-order chi connectivity index (χ0) is 22.9. The molecule has 1 aromatic rings. The van der Waals surface area contributed by atoms with Crippen LogP contribution in [0.3, 0.4) is 0 Å². The number of carbonyl (C=O) groups excluding carboxylic acids is 1. The summed E-state index contributed by atoms with van der Waals surface area (Å²) in [6.45, 7) is 8.20. The van der Waals surface area contributed by atoms with Gasteiger partial charge in [0.2, 0.25) is 5.91 Å². The molecule has 2 aliphatic heterocycles. The van der Waals surface area contributed by atoms with Gasteiger partial charge in [-0.2, -0.15) is 4.99 Å². The van der Waals surface area contributed by atoms with Gasteiger partial charge in [-0.05, 0) is 56.9 Å². The molecule has 32 heavy (non-hydrogen) atoms. The molecule has 1 aromatic carbocycles. The second kappa shape index (κ2) is 9.75. The van der Waals surface area contributed by atoms with Gasteiger partial charge in [-0.1, -0.05) is 37.4 Å². The van der Waals surface area contributed by atoms with Gasteiger partial charge < -0.3 is 9.80 Å². The Hall–Kier alpha value is -1.54. The molecule has 1 saturated carbocycles. The van der Waals surface area contributed by atoms with Crippen molar-refractivity contribution in [2.24, 2.45) is 10.9 Å². The van der Waals surface area contributed by atoms with E-state index >= 15 is 0 Å². The third-order valence-electron chi connectivity index (χ3n) is 7.10. The molecule has 2 unspecified atom stereocenters. The van der Waals surface area contributed by atoms with Gasteiger partial charge in [0.25, 0.3) is 0 Å². The number of benzene rings is 1. The lowest BCUT2D eigenvalue weighted by molar-refractivity contribution is -0.118. The highest BCUT2D eigenvalue weighted by atomic mass is 32.2. The topological polar surface area (TPSA) is 70.0 Å². The SMILES string of the molecule is CCN(CC)c1ccc(N2C(=NC(=O)CCC3CCCC3)SC3CS(=O)(=O)CC32)c(C)c1. The molecule has 3 aliphatic rings. The van der Waals surface area contributed by atoms with Crippen LogP contribution in [-0.4, -0.2) is 55.4 Å². The van der Waals surface area contributed by atoms with Gasteiger partial charge >= 0.3 is 0 Å². The van der Waals surface area contributed by atoms with Gasteiger partial charge in [0.05, 0.1) is 17.5 Å². The number of hydrogen-bond donors (Lipinski definition) is 0. The molecule has 4 rings (SSSR count). The van der Waals surface area contributed by atoms with Crippen LogP contribution < -0.4 is 9.80 Å². The quantitative estimate of drug-likeness (QED) is 0.579. The Morgan fingerprint density at radius 1 is 1.19 bits per heavy atom. The van der Waals surface area contributed by atoms with Crippen LogP contribution in [-0.2, 0) is 14.6 Å². The summed E-state index contributed by atoms with van der Waals surface area (Å²) in [7, 11) is -3.07. The molecule has 3 fully saturated rings. The predicted molar refractivity (Wildman–Crippen MR) is 135 cm³/mol. The van der Waals surface area contributed by atoms with Gasteiger partial charge in [0.15, 0.2) is 15.0 Å². The zero-order valence-corrected chi connectivity index (χ0v) is 21.1. The van der Waals surface area contributed by atoms with E-state index in [0.29, 0.717) is 17.5 Å². The van der Waals surface area contributed by atoms with Crippen LogP contribution in [0.1, 0.15) is 57.9 Å². The Bertz CT molecular complexity index is 982. The molecule has 1 amide bonds. The van der Waals surface area contributed by atoms with Crippen LogP contribution in [0.2, 0.25) is 0 Å². The van der Waals surface area contributed by atoms with E-state index in [1.165, 1.54) is 37.4 Å². The van der Waals surface area contributed by atoms with Crippen LogP contribution in [0, 0.1) is 12.8 Å². The summed E-state index contributed by atoms with van der Waals surface area (Å²) < 4.78 is 24.7. The van der Waals surface area contributed by atoms with Crippen molar-refractivity contribution in [3.63, 3.8) is 0 Å². The number of aryl methyl sites for hydroxylation is 1. The van der Waals surface area contributed by atoms with Gasteiger partial charge in [-0.3, -0.25) is 4.79 Å². The number of thioether (sulfide) groups is 1. The number of carbonyl (C=O) groups is 1. The molecule has 0 radical (unpaired) electrons. The number of sulfone groups is 1. The summed E-state index contributed by atoms with van der Waals surface area (Å²) in [5.74, 6) is 0.859. The fraction of sp³-hybridized carbons (Fsp3) is 0.667. The summed E-state index contributed by atoms with van der Waals surface area (Å²) >= 11 is 1.47. The maximum atomic E-state index is 12.7. The number of anilines is 2. The third-order valence-corrected chi connectivity index (χ3v) is 10.3. The number of amidine groups is 1. The number of aliphatic imine (C=N–C) groups is 1. The lowest BCUT2D eigenvalue weighted by Gasteiger charge is -2.28. The van der Waals surface area contributed by atoms with Gasteiger partial charge in [0, 0.05) is 36.1 Å². The average Bonchev–Trinajstić information content (AvgIpc) is 3.43. The summed E-state index contributed by atoms with van der Waals surface area (Å²) in [5, 5.41) is 0.605. The minimum absolute atomic E-state index is 0.0664. The molecular formula is C24H35N3O3S2. The summed E-state index contributed by atoms with van der Waals surface area (Å²) in [6, 6.07) is 6.15. The minimum Gasteiger partial charge on any atom is -0.372 e. The molecule has 8 heteroatoms. The molecule has 176 valence electrons. The van der Waals surface area contributed by atoms with Crippen LogP contribution in [0.25, 0.3) is 0 Å². The normalized spacial score (nSPS) is 26.1. The van der Waals surface area contributed by atoms with E-state index in [4.69, 9.17) is 0 Å². The van der Waals surface area contributed by atoms with E-state index in [1.807, 2.05) is 4.90 Å². The first kappa shape index (κ1) is 23.6. The van der Waals surface area contributed by atoms with E-state index < -0.39 is 9.84 Å². The molecule has 2 heterocycles. The Balaban J connectivity index is 1.60. The number of rotatable bonds is 7. The Labute approximate surface area is 196 Å². The summed E-state index contributed by atoms with van der Waals surface area (Å²) in [5.41, 5.74) is 3.19. The van der Waals surface area contributed by atoms with Crippen molar-refractivity contribution < 1.29 is 13.2 Å². The lowest BCUT2D eigenvalue weighted by atomic mass is 10.0. The average molecular weight is 478 g/mol. The third kappa shape index (κ3) is 5.01. The summed E-state index contributed by atoms with van der Waals surface area (Å²) in [4.78, 5) is 21.6. The zero-order valence-electron chi connectivity index (χ0n) is 19.4. The highest BCUT2D eigenvalue weighted by Gasteiger charge is 2.49. The number of hydrogen-bond acceptors (Lipinski definition) is 5. The van der Waals surface area contributed by atoms with E-state index in [2.05, 4.69) is 48.9 Å². The first-order valence-electron chi connectivity index (χ1n) is 11.9. The van der Waals surface area contributed by atoms with Crippen LogP contribution >= 0.6 is 11.8 Å². The molecule has 6 nitrogen and oxygen atoms in total. The van der Waals surface area contributed by atoms with E-state index in [9.17, 15) is 13.2 Å². The molecule has 0 aromatic heterocycles. The van der Waals surface area contributed by atoms with Gasteiger partial charge in [0.1, 0.15) is 0 Å². The van der Waals surface area contributed by atoms with Gasteiger partial charge in [-0.15, -0.1) is 0 Å². The molecule has 0 N–H and O–H groups in total. The molecule has 2 atom stereocenters. The number of nitrogens with zero attached hydrogens (tertiary/aromatic N) is 3. The van der Waals surface area contributed by atoms with Crippen molar-refractivity contribution in [1.29, 1.82) is 0 Å². The first-order valence-corrected chi connectivity index (χ1v) is 14.6. The number of amides is 1. The highest BCUT2D eigenvalue weighted by molar-refractivity contribution is 8.16. The fourth-order valence-corrected chi connectivity index (χ4v) is 9.25. The molecule has 1 aliphatic carbocycles. The van der Waals surface area contributed by atoms with E-state index in [1.54, 1.807) is 0 Å². The van der Waals surface area contributed by atoms with Crippen LogP contribution in [0.4, 0.5) is 11.4 Å². The second-order valence-corrected chi connectivity index (χ2v) is 12.7. The van der Waals surface area contributed by atoms with Crippen molar-refractivity contribution in [3.05, 3.63) is 23.8 Å². The molecule has 0 spiro atoms. The maximum absolute atomic E-state index is 12.7. The Morgan fingerprint density at radius 2 is 1.91 bits per heavy atom. The molecule has 0 bridgehead atoms. The second-order valence-electron chi connectivity index (χ2n) is 9.29. The van der Waals surface area contributed by atoms with Crippen molar-refractivity contribution in [2.75, 3.05) is 34.4 Å². The van der Waals surface area contributed by atoms with Crippen molar-refractivity contribution in [2.45, 2.75) is 70.6 Å². The summed E-state index contributed by atoms with van der Waals surface area (Å²) in [6.07, 6.45) is 6.40. The standard InChI is InChI=1S/C24H35N3O3S2/c1-4-26(5-2)19-11-12-20(17(3)14-19)27-21-15-32(29,30)16-22(21)31-24(27)25-23(28)13-10-18-8-6-7-9-18/h11-12,14,18,21-22H,4-10,13,15-16H2,1-3H3. The first-order chi connectivity index (χ1) is 15.3. The van der Waals surface area contributed by atoms with Gasteiger partial charge in [-0.25, -0.2) is 8.42 Å². The molecular weight excluding hydrogens is 442 g/mol. The largest absolute Gasteiger partial charge is 0.372 e. The van der Waals surface area contributed by atoms with Crippen LogP contribution in [0.15, 0.2) is 23.2 Å². The number of fused-ring (bicyclic) bond motifs is 1. The monoisotopic (exact) mass is 477 g/mol.